The molecule has 3 unspecified atom stereocenters. The number of amides is 1. The van der Waals surface area contributed by atoms with Gasteiger partial charge in [-0.15, -0.1) is 0 Å². The SMILES string of the molecule is O=C(C1=CCC(Cl)O1)N1CC2CNCC(C2)C1. The summed E-state index contributed by atoms with van der Waals surface area (Å²) < 4.78 is 5.32. The van der Waals surface area contributed by atoms with Crippen LogP contribution in [0.25, 0.3) is 0 Å². The minimum Gasteiger partial charge on any atom is -0.469 e. The van der Waals surface area contributed by atoms with Crippen molar-refractivity contribution in [3.05, 3.63) is 11.8 Å². The lowest BCUT2D eigenvalue weighted by atomic mass is 9.86. The van der Waals surface area contributed by atoms with Crippen LogP contribution in [0.1, 0.15) is 12.8 Å². The molecule has 0 radical (unpaired) electrons. The van der Waals surface area contributed by atoms with Gasteiger partial charge in [0.15, 0.2) is 11.3 Å². The molecule has 2 fully saturated rings. The quantitative estimate of drug-likeness (QED) is 0.710. The molecule has 1 amide bonds. The van der Waals surface area contributed by atoms with Crippen LogP contribution < -0.4 is 5.32 Å². The molecule has 3 atom stereocenters. The standard InChI is InChI=1S/C12H17ClN2O2/c13-11-2-1-10(17-11)12(16)15-6-8-3-9(7-15)5-14-4-8/h1,8-9,11,14H,2-7H2. The first-order valence-electron chi connectivity index (χ1n) is 6.23. The molecular weight excluding hydrogens is 240 g/mol. The molecule has 1 N–H and O–H groups in total. The van der Waals surface area contributed by atoms with E-state index in [1.807, 2.05) is 11.0 Å². The minimum atomic E-state index is -0.361. The second-order valence-corrected chi connectivity index (χ2v) is 5.65. The van der Waals surface area contributed by atoms with Gasteiger partial charge in [0.25, 0.3) is 5.91 Å². The van der Waals surface area contributed by atoms with E-state index in [1.165, 1.54) is 6.42 Å². The highest BCUT2D eigenvalue weighted by Crippen LogP contribution is 2.27. The highest BCUT2D eigenvalue weighted by molar-refractivity contribution is 6.20. The molecule has 0 aromatic carbocycles. The van der Waals surface area contributed by atoms with E-state index >= 15 is 0 Å². The predicted octanol–water partition coefficient (Wildman–Crippen LogP) is 0.923. The first-order chi connectivity index (χ1) is 8.22. The van der Waals surface area contributed by atoms with Gasteiger partial charge in [-0.25, -0.2) is 0 Å². The van der Waals surface area contributed by atoms with Crippen molar-refractivity contribution in [2.24, 2.45) is 11.8 Å². The number of nitrogens with zero attached hydrogens (tertiary/aromatic N) is 1. The average molecular weight is 257 g/mol. The molecule has 0 aliphatic carbocycles. The Hall–Kier alpha value is -0.740. The molecule has 0 saturated carbocycles. The molecule has 0 spiro atoms. The van der Waals surface area contributed by atoms with Crippen LogP contribution in [0.5, 0.6) is 0 Å². The average Bonchev–Trinajstić information content (AvgIpc) is 2.74. The molecule has 2 bridgehead atoms. The summed E-state index contributed by atoms with van der Waals surface area (Å²) in [6.45, 7) is 3.74. The third kappa shape index (κ3) is 2.29. The smallest absolute Gasteiger partial charge is 0.288 e. The van der Waals surface area contributed by atoms with Crippen molar-refractivity contribution in [1.29, 1.82) is 0 Å². The maximum atomic E-state index is 12.2. The monoisotopic (exact) mass is 256 g/mol. The molecule has 17 heavy (non-hydrogen) atoms. The van der Waals surface area contributed by atoms with Gasteiger partial charge in [0.2, 0.25) is 0 Å². The van der Waals surface area contributed by atoms with E-state index in [9.17, 15) is 4.79 Å². The molecular formula is C12H17ClN2O2. The number of halogens is 1. The minimum absolute atomic E-state index is 0.0183. The number of ether oxygens (including phenoxy) is 1. The van der Waals surface area contributed by atoms with Crippen LogP contribution in [0.2, 0.25) is 0 Å². The van der Waals surface area contributed by atoms with Crippen LogP contribution in [0.4, 0.5) is 0 Å². The number of hydrogen-bond donors (Lipinski definition) is 1. The number of likely N-dealkylation sites (tertiary alicyclic amines) is 1. The summed E-state index contributed by atoms with van der Waals surface area (Å²) in [5, 5.41) is 3.42. The molecule has 3 aliphatic heterocycles. The molecule has 0 aromatic rings. The van der Waals surface area contributed by atoms with Gasteiger partial charge in [-0.05, 0) is 37.4 Å². The molecule has 4 nitrogen and oxygen atoms in total. The lowest BCUT2D eigenvalue weighted by Crippen LogP contribution is -2.53. The molecule has 94 valence electrons. The van der Waals surface area contributed by atoms with Crippen molar-refractivity contribution in [3.63, 3.8) is 0 Å². The van der Waals surface area contributed by atoms with Crippen molar-refractivity contribution in [2.75, 3.05) is 26.2 Å². The highest BCUT2D eigenvalue weighted by atomic mass is 35.5. The maximum Gasteiger partial charge on any atom is 0.288 e. The molecule has 3 aliphatic rings. The Morgan fingerprint density at radius 3 is 2.71 bits per heavy atom. The number of piperidine rings is 2. The second kappa shape index (κ2) is 4.50. The van der Waals surface area contributed by atoms with Crippen molar-refractivity contribution < 1.29 is 9.53 Å². The number of alkyl halides is 1. The van der Waals surface area contributed by atoms with Gasteiger partial charge < -0.3 is 15.0 Å². The molecule has 0 aromatic heterocycles. The molecule has 5 heteroatoms. The summed E-state index contributed by atoms with van der Waals surface area (Å²) >= 11 is 5.83. The molecule has 3 rings (SSSR count). The Morgan fingerprint density at radius 2 is 2.12 bits per heavy atom. The zero-order valence-corrected chi connectivity index (χ0v) is 10.4. The fourth-order valence-electron chi connectivity index (χ4n) is 3.00. The van der Waals surface area contributed by atoms with Crippen molar-refractivity contribution >= 4 is 17.5 Å². The zero-order valence-electron chi connectivity index (χ0n) is 9.69. The van der Waals surface area contributed by atoms with E-state index in [0.29, 0.717) is 24.0 Å². The van der Waals surface area contributed by atoms with Crippen molar-refractivity contribution in [3.8, 4) is 0 Å². The number of rotatable bonds is 1. The highest BCUT2D eigenvalue weighted by Gasteiger charge is 2.35. The van der Waals surface area contributed by atoms with E-state index in [2.05, 4.69) is 5.32 Å². The third-order valence-corrected chi connectivity index (χ3v) is 4.00. The van der Waals surface area contributed by atoms with Gasteiger partial charge in [-0.3, -0.25) is 4.79 Å². The Morgan fingerprint density at radius 1 is 1.41 bits per heavy atom. The lowest BCUT2D eigenvalue weighted by Gasteiger charge is -2.41. The van der Waals surface area contributed by atoms with E-state index in [4.69, 9.17) is 16.3 Å². The van der Waals surface area contributed by atoms with Crippen LogP contribution in [-0.2, 0) is 9.53 Å². The van der Waals surface area contributed by atoms with Crippen LogP contribution in [0.3, 0.4) is 0 Å². The van der Waals surface area contributed by atoms with Gasteiger partial charge >= 0.3 is 0 Å². The van der Waals surface area contributed by atoms with E-state index in [1.54, 1.807) is 0 Å². The van der Waals surface area contributed by atoms with Gasteiger partial charge in [-0.2, -0.15) is 0 Å². The first kappa shape index (κ1) is 11.4. The van der Waals surface area contributed by atoms with Crippen LogP contribution >= 0.6 is 11.6 Å². The lowest BCUT2D eigenvalue weighted by molar-refractivity contribution is -0.134. The number of carbonyl (C=O) groups is 1. The summed E-state index contributed by atoms with van der Waals surface area (Å²) in [7, 11) is 0. The summed E-state index contributed by atoms with van der Waals surface area (Å²) in [5.74, 6) is 1.66. The molecule has 3 heterocycles. The Kier molecular flexibility index (Phi) is 3.01. The van der Waals surface area contributed by atoms with Gasteiger partial charge in [0.05, 0.1) is 0 Å². The van der Waals surface area contributed by atoms with Crippen LogP contribution in [0, 0.1) is 11.8 Å². The number of nitrogens with one attached hydrogen (secondary N) is 1. The van der Waals surface area contributed by atoms with Crippen molar-refractivity contribution in [2.45, 2.75) is 18.4 Å². The maximum absolute atomic E-state index is 12.2. The third-order valence-electron chi connectivity index (χ3n) is 3.73. The van der Waals surface area contributed by atoms with E-state index < -0.39 is 0 Å². The van der Waals surface area contributed by atoms with Crippen molar-refractivity contribution in [1.82, 2.24) is 10.2 Å². The van der Waals surface area contributed by atoms with Gasteiger partial charge in [0, 0.05) is 19.5 Å². The second-order valence-electron chi connectivity index (χ2n) is 5.17. The number of hydrogen-bond acceptors (Lipinski definition) is 3. The van der Waals surface area contributed by atoms with Crippen LogP contribution in [0.15, 0.2) is 11.8 Å². The Balaban J connectivity index is 1.66. The number of fused-ring (bicyclic) bond motifs is 2. The summed E-state index contributed by atoms with van der Waals surface area (Å²) in [6, 6.07) is 0. The number of carbonyl (C=O) groups excluding carboxylic acids is 1. The summed E-state index contributed by atoms with van der Waals surface area (Å²) in [5.41, 5.74) is -0.361. The van der Waals surface area contributed by atoms with E-state index in [-0.39, 0.29) is 11.5 Å². The largest absolute Gasteiger partial charge is 0.469 e. The predicted molar refractivity (Wildman–Crippen MR) is 64.5 cm³/mol. The van der Waals surface area contributed by atoms with Gasteiger partial charge in [-0.1, -0.05) is 11.6 Å². The van der Waals surface area contributed by atoms with Gasteiger partial charge in [0.1, 0.15) is 0 Å². The van der Waals surface area contributed by atoms with E-state index in [0.717, 1.165) is 26.2 Å². The topological polar surface area (TPSA) is 41.6 Å². The Bertz CT molecular complexity index is 346. The Labute approximate surface area is 106 Å². The zero-order chi connectivity index (χ0) is 11.8. The fraction of sp³-hybridized carbons (Fsp3) is 0.750. The first-order valence-corrected chi connectivity index (χ1v) is 6.67. The van der Waals surface area contributed by atoms with Crippen LogP contribution in [-0.4, -0.2) is 42.5 Å². The summed E-state index contributed by atoms with van der Waals surface area (Å²) in [4.78, 5) is 14.2. The normalized spacial score (nSPS) is 36.4. The summed E-state index contributed by atoms with van der Waals surface area (Å²) in [6.07, 6.45) is 3.68. The molecule has 2 saturated heterocycles. The fourth-order valence-corrected chi connectivity index (χ4v) is 3.18.